The highest BCUT2D eigenvalue weighted by Gasteiger charge is 2.02. The van der Waals surface area contributed by atoms with Gasteiger partial charge in [-0.15, -0.1) is 0 Å². The van der Waals surface area contributed by atoms with E-state index in [1.807, 2.05) is 6.08 Å². The van der Waals surface area contributed by atoms with Crippen LogP contribution >= 0.6 is 0 Å². The van der Waals surface area contributed by atoms with Crippen molar-refractivity contribution in [2.75, 3.05) is 13.2 Å². The van der Waals surface area contributed by atoms with Crippen LogP contribution in [0.3, 0.4) is 0 Å². The Labute approximate surface area is 198 Å². The second-order valence-electron chi connectivity index (χ2n) is 8.96. The van der Waals surface area contributed by atoms with E-state index in [2.05, 4.69) is 19.9 Å². The Morgan fingerprint density at radius 3 is 1.47 bits per heavy atom. The van der Waals surface area contributed by atoms with Gasteiger partial charge in [-0.05, 0) is 32.1 Å². The van der Waals surface area contributed by atoms with Gasteiger partial charge in [-0.25, -0.2) is 0 Å². The molecule has 0 spiro atoms. The molecule has 0 aromatic rings. The first kappa shape index (κ1) is 30.7. The average molecular weight is 453 g/mol. The van der Waals surface area contributed by atoms with Gasteiger partial charge in [-0.1, -0.05) is 109 Å². The Bertz CT molecular complexity index is 445. The van der Waals surface area contributed by atoms with Gasteiger partial charge >= 0.3 is 11.9 Å². The number of carbonyl (C=O) groups excluding carboxylic acids is 2. The highest BCUT2D eigenvalue weighted by atomic mass is 16.5. The van der Waals surface area contributed by atoms with Crippen LogP contribution in [0.4, 0.5) is 0 Å². The quantitative estimate of drug-likeness (QED) is 0.0837. The molecule has 4 nitrogen and oxygen atoms in total. The largest absolute Gasteiger partial charge is 0.466 e. The molecule has 0 amide bonds. The fourth-order valence-electron chi connectivity index (χ4n) is 3.57. The van der Waals surface area contributed by atoms with Crippen LogP contribution in [0.25, 0.3) is 0 Å². The summed E-state index contributed by atoms with van der Waals surface area (Å²) in [4.78, 5) is 22.9. The van der Waals surface area contributed by atoms with Crippen LogP contribution in [0.1, 0.15) is 142 Å². The molecule has 4 heteroatoms. The molecule has 0 aliphatic carbocycles. The van der Waals surface area contributed by atoms with E-state index in [0.29, 0.717) is 26.1 Å². The van der Waals surface area contributed by atoms with Crippen molar-refractivity contribution in [2.45, 2.75) is 142 Å². The minimum Gasteiger partial charge on any atom is -0.466 e. The van der Waals surface area contributed by atoms with Crippen molar-refractivity contribution < 1.29 is 19.1 Å². The Morgan fingerprint density at radius 1 is 0.531 bits per heavy atom. The lowest BCUT2D eigenvalue weighted by atomic mass is 10.0. The molecule has 0 heterocycles. The number of hydrogen-bond acceptors (Lipinski definition) is 4. The van der Waals surface area contributed by atoms with Gasteiger partial charge < -0.3 is 9.47 Å². The number of hydrogen-bond donors (Lipinski definition) is 0. The van der Waals surface area contributed by atoms with Crippen LogP contribution in [0.5, 0.6) is 0 Å². The van der Waals surface area contributed by atoms with E-state index in [4.69, 9.17) is 9.47 Å². The maximum atomic E-state index is 11.5. The Morgan fingerprint density at radius 2 is 0.969 bits per heavy atom. The Kier molecular flexibility index (Phi) is 24.9. The van der Waals surface area contributed by atoms with Crippen molar-refractivity contribution in [1.82, 2.24) is 0 Å². The molecule has 0 aromatic carbocycles. The third-order valence-electron chi connectivity index (χ3n) is 5.72. The zero-order valence-corrected chi connectivity index (χ0v) is 21.3. The van der Waals surface area contributed by atoms with Gasteiger partial charge in [-0.2, -0.15) is 0 Å². The van der Waals surface area contributed by atoms with E-state index >= 15 is 0 Å². The van der Waals surface area contributed by atoms with Gasteiger partial charge in [0.05, 0.1) is 19.6 Å². The monoisotopic (exact) mass is 452 g/mol. The lowest BCUT2D eigenvalue weighted by Gasteiger charge is -2.04. The van der Waals surface area contributed by atoms with Gasteiger partial charge in [-0.3, -0.25) is 9.59 Å². The molecule has 0 N–H and O–H groups in total. The maximum absolute atomic E-state index is 11.5. The predicted molar refractivity (Wildman–Crippen MR) is 135 cm³/mol. The third kappa shape index (κ3) is 24.9. The van der Waals surface area contributed by atoms with Crippen molar-refractivity contribution in [3.63, 3.8) is 0 Å². The van der Waals surface area contributed by atoms with Gasteiger partial charge in [0.15, 0.2) is 0 Å². The number of esters is 2. The zero-order valence-electron chi connectivity index (χ0n) is 21.3. The molecule has 0 saturated heterocycles. The minimum absolute atomic E-state index is 0.0188. The molecule has 0 fully saturated rings. The molecule has 0 saturated carbocycles. The summed E-state index contributed by atoms with van der Waals surface area (Å²) in [6.45, 7) is 5.35. The van der Waals surface area contributed by atoms with Crippen LogP contribution in [0.2, 0.25) is 0 Å². The van der Waals surface area contributed by atoms with Crippen molar-refractivity contribution >= 4 is 11.9 Å². The van der Waals surface area contributed by atoms with Gasteiger partial charge in [0.1, 0.15) is 0 Å². The van der Waals surface area contributed by atoms with Gasteiger partial charge in [0, 0.05) is 6.42 Å². The topological polar surface area (TPSA) is 52.6 Å². The lowest BCUT2D eigenvalue weighted by molar-refractivity contribution is -0.144. The molecule has 0 rings (SSSR count). The smallest absolute Gasteiger partial charge is 0.309 e. The summed E-state index contributed by atoms with van der Waals surface area (Å²) in [6.07, 6.45) is 26.9. The summed E-state index contributed by atoms with van der Waals surface area (Å²) in [5.41, 5.74) is 0. The Balaban J connectivity index is 3.20. The number of ether oxygens (including phenoxy) is 2. The van der Waals surface area contributed by atoms with Crippen molar-refractivity contribution in [3.8, 4) is 0 Å². The number of allylic oxidation sites excluding steroid dienone is 1. The van der Waals surface area contributed by atoms with Gasteiger partial charge in [0.2, 0.25) is 0 Å². The number of carbonyl (C=O) groups is 2. The summed E-state index contributed by atoms with van der Waals surface area (Å²) in [6, 6.07) is 0. The standard InChI is InChI=1S/C28H52O4/c1-3-5-25-31-27(29)23-21-19-17-15-13-11-9-7-8-10-12-14-16-18-20-22-24-28(30)32-26-6-4-2/h19,21H,3-18,20,22-26H2,1-2H3/b21-19+. The molecule has 32 heavy (non-hydrogen) atoms. The van der Waals surface area contributed by atoms with Crippen LogP contribution < -0.4 is 0 Å². The van der Waals surface area contributed by atoms with Gasteiger partial charge in [0.25, 0.3) is 0 Å². The molecule has 0 radical (unpaired) electrons. The maximum Gasteiger partial charge on any atom is 0.309 e. The first-order chi connectivity index (χ1) is 15.7. The zero-order chi connectivity index (χ0) is 23.5. The summed E-state index contributed by atoms with van der Waals surface area (Å²) in [7, 11) is 0. The third-order valence-corrected chi connectivity index (χ3v) is 5.72. The first-order valence-corrected chi connectivity index (χ1v) is 13.7. The summed E-state index contributed by atoms with van der Waals surface area (Å²) in [5, 5.41) is 0. The van der Waals surface area contributed by atoms with E-state index in [0.717, 1.165) is 44.9 Å². The van der Waals surface area contributed by atoms with Crippen LogP contribution in [0.15, 0.2) is 12.2 Å². The van der Waals surface area contributed by atoms with E-state index in [9.17, 15) is 9.59 Å². The predicted octanol–water partition coefficient (Wildman–Crippen LogP) is 8.47. The molecule has 0 aromatic heterocycles. The first-order valence-electron chi connectivity index (χ1n) is 13.7. The van der Waals surface area contributed by atoms with Crippen molar-refractivity contribution in [3.05, 3.63) is 12.2 Å². The molecule has 188 valence electrons. The molecule has 0 bridgehead atoms. The highest BCUT2D eigenvalue weighted by molar-refractivity contribution is 5.71. The summed E-state index contributed by atoms with van der Waals surface area (Å²) in [5.74, 6) is -0.121. The second kappa shape index (κ2) is 25.9. The molecule has 0 atom stereocenters. The second-order valence-corrected chi connectivity index (χ2v) is 8.96. The average Bonchev–Trinajstić information content (AvgIpc) is 2.78. The van der Waals surface area contributed by atoms with Crippen LogP contribution in [-0.4, -0.2) is 25.2 Å². The normalized spacial score (nSPS) is 11.2. The molecular formula is C28H52O4. The van der Waals surface area contributed by atoms with E-state index < -0.39 is 0 Å². The molecule has 0 aliphatic heterocycles. The lowest BCUT2D eigenvalue weighted by Crippen LogP contribution is -2.05. The van der Waals surface area contributed by atoms with Crippen LogP contribution in [-0.2, 0) is 19.1 Å². The summed E-state index contributed by atoms with van der Waals surface area (Å²) < 4.78 is 10.3. The van der Waals surface area contributed by atoms with E-state index in [1.54, 1.807) is 0 Å². The Hall–Kier alpha value is -1.32. The highest BCUT2D eigenvalue weighted by Crippen LogP contribution is 2.13. The molecular weight excluding hydrogens is 400 g/mol. The molecule has 0 aliphatic rings. The SMILES string of the molecule is CCCCOC(=O)C/C=C/CCCCCCCCCCCCCCCC(=O)OCCCC. The van der Waals surface area contributed by atoms with Crippen LogP contribution in [0, 0.1) is 0 Å². The van der Waals surface area contributed by atoms with Crippen molar-refractivity contribution in [2.24, 2.45) is 0 Å². The van der Waals surface area contributed by atoms with E-state index in [-0.39, 0.29) is 11.9 Å². The fourth-order valence-corrected chi connectivity index (χ4v) is 3.57. The number of rotatable bonds is 24. The fraction of sp³-hybridized carbons (Fsp3) is 0.857. The minimum atomic E-state index is -0.102. The van der Waals surface area contributed by atoms with E-state index in [1.165, 1.54) is 70.6 Å². The number of unbranched alkanes of at least 4 members (excludes halogenated alkanes) is 15. The van der Waals surface area contributed by atoms with Crippen molar-refractivity contribution in [1.29, 1.82) is 0 Å². The molecule has 0 unspecified atom stereocenters. The summed E-state index contributed by atoms with van der Waals surface area (Å²) >= 11 is 0.